The Balaban J connectivity index is 1.86. The second-order valence-corrected chi connectivity index (χ2v) is 5.74. The molecule has 1 fully saturated rings. The third-order valence-electron chi connectivity index (χ3n) is 4.24. The standard InChI is InChI=1S/C17H26N2O2/c1-14(19-10-6-7-11-19)12-18-13-16(17(20)21-2)15-8-4-3-5-9-15/h3-5,8-9,14,16,18H,6-7,10-13H2,1-2H3. The molecule has 0 aromatic heterocycles. The van der Waals surface area contributed by atoms with Gasteiger partial charge in [-0.05, 0) is 38.4 Å². The maximum absolute atomic E-state index is 12.0. The van der Waals surface area contributed by atoms with Crippen LogP contribution in [0.2, 0.25) is 0 Å². The fourth-order valence-electron chi connectivity index (χ4n) is 2.91. The SMILES string of the molecule is COC(=O)C(CNCC(C)N1CCCC1)c1ccccc1. The van der Waals surface area contributed by atoms with E-state index in [1.54, 1.807) is 0 Å². The van der Waals surface area contributed by atoms with Gasteiger partial charge in [0.2, 0.25) is 0 Å². The Morgan fingerprint density at radius 2 is 1.90 bits per heavy atom. The van der Waals surface area contributed by atoms with Gasteiger partial charge in [0.25, 0.3) is 0 Å². The van der Waals surface area contributed by atoms with Gasteiger partial charge in [-0.15, -0.1) is 0 Å². The largest absolute Gasteiger partial charge is 0.469 e. The van der Waals surface area contributed by atoms with Crippen molar-refractivity contribution in [3.8, 4) is 0 Å². The van der Waals surface area contributed by atoms with Crippen LogP contribution in [-0.4, -0.2) is 50.2 Å². The number of nitrogens with zero attached hydrogens (tertiary/aromatic N) is 1. The van der Waals surface area contributed by atoms with E-state index in [-0.39, 0.29) is 11.9 Å². The number of esters is 1. The van der Waals surface area contributed by atoms with Crippen molar-refractivity contribution < 1.29 is 9.53 Å². The average Bonchev–Trinajstić information content (AvgIpc) is 3.06. The summed E-state index contributed by atoms with van der Waals surface area (Å²) in [4.78, 5) is 14.5. The van der Waals surface area contributed by atoms with Crippen molar-refractivity contribution in [3.63, 3.8) is 0 Å². The number of likely N-dealkylation sites (tertiary alicyclic amines) is 1. The quantitative estimate of drug-likeness (QED) is 0.780. The van der Waals surface area contributed by atoms with Crippen LogP contribution in [0.5, 0.6) is 0 Å². The summed E-state index contributed by atoms with van der Waals surface area (Å²) in [6.45, 7) is 6.16. The molecule has 21 heavy (non-hydrogen) atoms. The molecule has 4 nitrogen and oxygen atoms in total. The molecule has 2 rings (SSSR count). The van der Waals surface area contributed by atoms with Crippen molar-refractivity contribution in [2.75, 3.05) is 33.3 Å². The molecule has 1 heterocycles. The van der Waals surface area contributed by atoms with Gasteiger partial charge in [-0.2, -0.15) is 0 Å². The smallest absolute Gasteiger partial charge is 0.314 e. The van der Waals surface area contributed by atoms with Crippen LogP contribution in [-0.2, 0) is 9.53 Å². The minimum atomic E-state index is -0.234. The van der Waals surface area contributed by atoms with Crippen LogP contribution in [0.4, 0.5) is 0 Å². The van der Waals surface area contributed by atoms with E-state index in [1.807, 2.05) is 30.3 Å². The number of carbonyl (C=O) groups excluding carboxylic acids is 1. The third-order valence-corrected chi connectivity index (χ3v) is 4.24. The summed E-state index contributed by atoms with van der Waals surface area (Å²) >= 11 is 0. The fourth-order valence-corrected chi connectivity index (χ4v) is 2.91. The van der Waals surface area contributed by atoms with Crippen molar-refractivity contribution in [2.24, 2.45) is 0 Å². The lowest BCUT2D eigenvalue weighted by Crippen LogP contribution is -2.40. The van der Waals surface area contributed by atoms with Crippen LogP contribution in [0, 0.1) is 0 Å². The molecule has 116 valence electrons. The summed E-state index contributed by atoms with van der Waals surface area (Å²) in [7, 11) is 1.45. The van der Waals surface area contributed by atoms with Crippen molar-refractivity contribution in [3.05, 3.63) is 35.9 Å². The van der Waals surface area contributed by atoms with Crippen molar-refractivity contribution in [1.82, 2.24) is 10.2 Å². The van der Waals surface area contributed by atoms with E-state index in [1.165, 1.54) is 33.0 Å². The lowest BCUT2D eigenvalue weighted by molar-refractivity contribution is -0.142. The lowest BCUT2D eigenvalue weighted by atomic mass is 9.99. The number of rotatable bonds is 7. The van der Waals surface area contributed by atoms with Crippen LogP contribution in [0.3, 0.4) is 0 Å². The van der Waals surface area contributed by atoms with E-state index in [2.05, 4.69) is 17.1 Å². The molecule has 1 N–H and O–H groups in total. The van der Waals surface area contributed by atoms with Crippen molar-refractivity contribution in [2.45, 2.75) is 31.7 Å². The zero-order chi connectivity index (χ0) is 15.1. The molecular formula is C17H26N2O2. The summed E-state index contributed by atoms with van der Waals surface area (Å²) in [5, 5.41) is 3.43. The van der Waals surface area contributed by atoms with Crippen LogP contribution in [0.1, 0.15) is 31.2 Å². The van der Waals surface area contributed by atoms with E-state index >= 15 is 0 Å². The number of carbonyl (C=O) groups is 1. The predicted molar refractivity (Wildman–Crippen MR) is 84.3 cm³/mol. The molecule has 0 amide bonds. The molecule has 1 aromatic carbocycles. The first-order valence-corrected chi connectivity index (χ1v) is 7.80. The Morgan fingerprint density at radius 1 is 1.24 bits per heavy atom. The lowest BCUT2D eigenvalue weighted by Gasteiger charge is -2.25. The molecule has 1 aromatic rings. The molecule has 0 saturated carbocycles. The number of methoxy groups -OCH3 is 1. The number of hydrogen-bond donors (Lipinski definition) is 1. The Hall–Kier alpha value is -1.39. The highest BCUT2D eigenvalue weighted by Gasteiger charge is 2.22. The first-order valence-electron chi connectivity index (χ1n) is 7.80. The zero-order valence-corrected chi connectivity index (χ0v) is 13.0. The first-order chi connectivity index (χ1) is 10.2. The molecule has 1 aliphatic heterocycles. The van der Waals surface area contributed by atoms with Crippen molar-refractivity contribution >= 4 is 5.97 Å². The molecule has 2 atom stereocenters. The maximum atomic E-state index is 12.0. The highest BCUT2D eigenvalue weighted by Crippen LogP contribution is 2.16. The van der Waals surface area contributed by atoms with Crippen LogP contribution in [0.25, 0.3) is 0 Å². The highest BCUT2D eigenvalue weighted by molar-refractivity contribution is 5.78. The van der Waals surface area contributed by atoms with E-state index < -0.39 is 0 Å². The van der Waals surface area contributed by atoms with Gasteiger partial charge in [0.05, 0.1) is 13.0 Å². The monoisotopic (exact) mass is 290 g/mol. The van der Waals surface area contributed by atoms with Gasteiger partial charge in [-0.3, -0.25) is 9.69 Å². The van der Waals surface area contributed by atoms with Gasteiger partial charge in [0.15, 0.2) is 0 Å². The number of nitrogens with one attached hydrogen (secondary N) is 1. The minimum absolute atomic E-state index is 0.178. The molecule has 0 bridgehead atoms. The summed E-state index contributed by atoms with van der Waals surface area (Å²) < 4.78 is 4.93. The summed E-state index contributed by atoms with van der Waals surface area (Å²) in [6.07, 6.45) is 2.61. The van der Waals surface area contributed by atoms with Crippen molar-refractivity contribution in [1.29, 1.82) is 0 Å². The van der Waals surface area contributed by atoms with Gasteiger partial charge in [0.1, 0.15) is 0 Å². The van der Waals surface area contributed by atoms with E-state index in [9.17, 15) is 4.79 Å². The fraction of sp³-hybridized carbons (Fsp3) is 0.588. The van der Waals surface area contributed by atoms with Gasteiger partial charge in [-0.1, -0.05) is 30.3 Å². The molecule has 1 saturated heterocycles. The summed E-state index contributed by atoms with van der Waals surface area (Å²) in [6, 6.07) is 10.3. The molecule has 0 radical (unpaired) electrons. The van der Waals surface area contributed by atoms with E-state index in [0.29, 0.717) is 12.6 Å². The molecule has 1 aliphatic rings. The highest BCUT2D eigenvalue weighted by atomic mass is 16.5. The Bertz CT molecular complexity index is 430. The van der Waals surface area contributed by atoms with Crippen LogP contribution in [0.15, 0.2) is 30.3 Å². The number of benzene rings is 1. The van der Waals surface area contributed by atoms with Crippen LogP contribution < -0.4 is 5.32 Å². The van der Waals surface area contributed by atoms with Gasteiger partial charge < -0.3 is 10.1 Å². The topological polar surface area (TPSA) is 41.6 Å². The first kappa shape index (κ1) is 16.0. The van der Waals surface area contributed by atoms with E-state index in [0.717, 1.165) is 12.1 Å². The predicted octanol–water partition coefficient (Wildman–Crippen LogP) is 2.02. The molecular weight excluding hydrogens is 264 g/mol. The zero-order valence-electron chi connectivity index (χ0n) is 13.0. The Morgan fingerprint density at radius 3 is 2.52 bits per heavy atom. The average molecular weight is 290 g/mol. The summed E-state index contributed by atoms with van der Waals surface area (Å²) in [5.41, 5.74) is 1.01. The Kier molecular flexibility index (Phi) is 6.21. The van der Waals surface area contributed by atoms with Gasteiger partial charge in [-0.25, -0.2) is 0 Å². The maximum Gasteiger partial charge on any atom is 0.314 e. The van der Waals surface area contributed by atoms with Gasteiger partial charge in [0, 0.05) is 19.1 Å². The Labute approximate surface area is 127 Å². The normalized spacial score (nSPS) is 18.4. The van der Waals surface area contributed by atoms with E-state index in [4.69, 9.17) is 4.74 Å². The number of hydrogen-bond acceptors (Lipinski definition) is 4. The minimum Gasteiger partial charge on any atom is -0.469 e. The number of ether oxygens (including phenoxy) is 1. The molecule has 0 spiro atoms. The summed E-state index contributed by atoms with van der Waals surface area (Å²) in [5.74, 6) is -0.412. The molecule has 4 heteroatoms. The third kappa shape index (κ3) is 4.55. The second-order valence-electron chi connectivity index (χ2n) is 5.74. The second kappa shape index (κ2) is 8.15. The van der Waals surface area contributed by atoms with Gasteiger partial charge >= 0.3 is 5.97 Å². The molecule has 2 unspecified atom stereocenters. The molecule has 0 aliphatic carbocycles. The van der Waals surface area contributed by atoms with Crippen LogP contribution >= 0.6 is 0 Å².